The molecule has 2 heterocycles. The molecule has 78 valence electrons. The molecule has 1 fully saturated rings. The van der Waals surface area contributed by atoms with Crippen LogP contribution in [0.1, 0.15) is 24.9 Å². The Morgan fingerprint density at radius 2 is 2.29 bits per heavy atom. The fourth-order valence-corrected chi connectivity index (χ4v) is 4.16. The number of aromatic amines is 1. The summed E-state index contributed by atoms with van der Waals surface area (Å²) in [6, 6.07) is 0. The molecule has 1 aromatic heterocycles. The highest BCUT2D eigenvalue weighted by molar-refractivity contribution is 8.07. The van der Waals surface area contributed by atoms with Crippen LogP contribution in [0.25, 0.3) is 0 Å². The normalized spacial score (nSPS) is 33.1. The first kappa shape index (κ1) is 10.2. The van der Waals surface area contributed by atoms with Gasteiger partial charge in [0.05, 0.1) is 5.25 Å². The molecule has 0 radical (unpaired) electrons. The van der Waals surface area contributed by atoms with Crippen LogP contribution >= 0.6 is 23.5 Å². The Morgan fingerprint density at radius 1 is 1.50 bits per heavy atom. The second kappa shape index (κ2) is 4.02. The topological polar surface area (TPSA) is 58.9 Å². The van der Waals surface area contributed by atoms with Gasteiger partial charge in [-0.3, -0.25) is 9.51 Å². The van der Waals surface area contributed by atoms with Crippen molar-refractivity contribution in [1.82, 2.24) is 10.1 Å². The molecule has 3 unspecified atom stereocenters. The second-order valence-electron chi connectivity index (χ2n) is 3.35. The highest BCUT2D eigenvalue weighted by atomic mass is 32.2. The van der Waals surface area contributed by atoms with Crippen molar-refractivity contribution in [2.45, 2.75) is 29.6 Å². The monoisotopic (exact) mass is 232 g/mol. The molecular formula is C8H12N2O2S2. The number of thioether (sulfide) groups is 2. The number of rotatable bonds is 1. The SMILES string of the molecule is CC1SCC(c2noc(=O)[nH]2)SC1C. The first-order chi connectivity index (χ1) is 6.66. The number of aromatic nitrogens is 2. The molecule has 0 saturated carbocycles. The maximum absolute atomic E-state index is 10.8. The fourth-order valence-electron chi connectivity index (χ4n) is 1.31. The van der Waals surface area contributed by atoms with Crippen molar-refractivity contribution >= 4 is 23.5 Å². The van der Waals surface area contributed by atoms with Gasteiger partial charge in [-0.15, -0.1) is 11.8 Å². The molecule has 3 atom stereocenters. The molecular weight excluding hydrogens is 220 g/mol. The van der Waals surface area contributed by atoms with Crippen LogP contribution in [0.2, 0.25) is 0 Å². The zero-order valence-electron chi connectivity index (χ0n) is 8.02. The predicted octanol–water partition coefficient (Wildman–Crippen LogP) is 1.66. The van der Waals surface area contributed by atoms with Crippen LogP contribution in [0, 0.1) is 0 Å². The minimum atomic E-state index is -0.461. The zero-order valence-corrected chi connectivity index (χ0v) is 9.65. The van der Waals surface area contributed by atoms with Gasteiger partial charge in [-0.2, -0.15) is 11.8 Å². The first-order valence-electron chi connectivity index (χ1n) is 4.50. The van der Waals surface area contributed by atoms with E-state index in [1.807, 2.05) is 23.5 Å². The third kappa shape index (κ3) is 2.00. The third-order valence-electron chi connectivity index (χ3n) is 2.31. The summed E-state index contributed by atoms with van der Waals surface area (Å²) in [5, 5.41) is 5.23. The van der Waals surface area contributed by atoms with Gasteiger partial charge in [-0.05, 0) is 0 Å². The van der Waals surface area contributed by atoms with Crippen molar-refractivity contribution in [1.29, 1.82) is 0 Å². The Balaban J connectivity index is 2.10. The van der Waals surface area contributed by atoms with E-state index in [9.17, 15) is 4.79 Å². The number of H-pyrrole nitrogens is 1. The minimum Gasteiger partial charge on any atom is -0.296 e. The maximum atomic E-state index is 10.8. The molecule has 4 nitrogen and oxygen atoms in total. The van der Waals surface area contributed by atoms with Gasteiger partial charge in [0.2, 0.25) is 0 Å². The summed E-state index contributed by atoms with van der Waals surface area (Å²) in [5.41, 5.74) is 0. The van der Waals surface area contributed by atoms with Crippen LogP contribution in [0.4, 0.5) is 0 Å². The summed E-state index contributed by atoms with van der Waals surface area (Å²) < 4.78 is 4.50. The Morgan fingerprint density at radius 3 is 2.86 bits per heavy atom. The molecule has 0 aliphatic carbocycles. The average molecular weight is 232 g/mol. The molecule has 6 heteroatoms. The molecule has 0 bridgehead atoms. The van der Waals surface area contributed by atoms with Crippen molar-refractivity contribution in [3.63, 3.8) is 0 Å². The molecule has 1 aromatic rings. The summed E-state index contributed by atoms with van der Waals surface area (Å²) in [7, 11) is 0. The van der Waals surface area contributed by atoms with Crippen LogP contribution in [0.15, 0.2) is 9.32 Å². The molecule has 0 spiro atoms. The van der Waals surface area contributed by atoms with E-state index in [1.54, 1.807) is 0 Å². The molecule has 2 rings (SSSR count). The Hall–Kier alpha value is -0.360. The van der Waals surface area contributed by atoms with Crippen molar-refractivity contribution in [3.8, 4) is 0 Å². The second-order valence-corrected chi connectivity index (χ2v) is 6.34. The molecule has 1 aliphatic heterocycles. The van der Waals surface area contributed by atoms with Crippen LogP contribution in [-0.4, -0.2) is 26.4 Å². The maximum Gasteiger partial charge on any atom is 0.438 e. The predicted molar refractivity (Wildman–Crippen MR) is 58.8 cm³/mol. The van der Waals surface area contributed by atoms with Crippen molar-refractivity contribution in [2.75, 3.05) is 5.75 Å². The molecule has 14 heavy (non-hydrogen) atoms. The number of nitrogens with one attached hydrogen (secondary N) is 1. The lowest BCUT2D eigenvalue weighted by Gasteiger charge is -2.29. The Kier molecular flexibility index (Phi) is 2.92. The fraction of sp³-hybridized carbons (Fsp3) is 0.750. The summed E-state index contributed by atoms with van der Waals surface area (Å²) >= 11 is 3.76. The van der Waals surface area contributed by atoms with Gasteiger partial charge in [0.25, 0.3) is 0 Å². The van der Waals surface area contributed by atoms with E-state index < -0.39 is 5.76 Å². The lowest BCUT2D eigenvalue weighted by Crippen LogP contribution is -2.22. The number of hydrogen-bond acceptors (Lipinski definition) is 5. The van der Waals surface area contributed by atoms with Gasteiger partial charge >= 0.3 is 5.76 Å². The van der Waals surface area contributed by atoms with Crippen LogP contribution in [0.3, 0.4) is 0 Å². The highest BCUT2D eigenvalue weighted by Crippen LogP contribution is 2.42. The largest absolute Gasteiger partial charge is 0.438 e. The minimum absolute atomic E-state index is 0.262. The van der Waals surface area contributed by atoms with E-state index in [1.165, 1.54) is 0 Å². The first-order valence-corrected chi connectivity index (χ1v) is 6.49. The van der Waals surface area contributed by atoms with E-state index in [0.717, 1.165) is 5.75 Å². The van der Waals surface area contributed by atoms with Crippen molar-refractivity contribution < 1.29 is 4.52 Å². The molecule has 0 amide bonds. The van der Waals surface area contributed by atoms with E-state index >= 15 is 0 Å². The van der Waals surface area contributed by atoms with E-state index in [4.69, 9.17) is 0 Å². The summed E-state index contributed by atoms with van der Waals surface area (Å²) in [6.07, 6.45) is 0. The van der Waals surface area contributed by atoms with Crippen LogP contribution < -0.4 is 5.76 Å². The van der Waals surface area contributed by atoms with Gasteiger partial charge in [0, 0.05) is 16.3 Å². The summed E-state index contributed by atoms with van der Waals surface area (Å²) in [4.78, 5) is 13.4. The third-order valence-corrected chi connectivity index (χ3v) is 5.71. The molecule has 1 N–H and O–H groups in total. The Labute approximate surface area is 90.2 Å². The molecule has 0 aromatic carbocycles. The number of nitrogens with zero attached hydrogens (tertiary/aromatic N) is 1. The van der Waals surface area contributed by atoms with Crippen LogP contribution in [0.5, 0.6) is 0 Å². The summed E-state index contributed by atoms with van der Waals surface area (Å²) in [5.74, 6) is 1.20. The van der Waals surface area contributed by atoms with Gasteiger partial charge in [-0.25, -0.2) is 4.79 Å². The number of hydrogen-bond donors (Lipinski definition) is 1. The van der Waals surface area contributed by atoms with E-state index in [-0.39, 0.29) is 5.25 Å². The van der Waals surface area contributed by atoms with Gasteiger partial charge in [0.15, 0.2) is 5.82 Å². The van der Waals surface area contributed by atoms with Gasteiger partial charge in [0.1, 0.15) is 0 Å². The standard InChI is InChI=1S/C8H12N2O2S2/c1-4-5(2)14-6(3-13-4)7-9-8(11)12-10-7/h4-6H,3H2,1-2H3,(H,9,10,11). The molecule has 1 saturated heterocycles. The van der Waals surface area contributed by atoms with E-state index in [0.29, 0.717) is 16.3 Å². The Bertz CT molecular complexity index is 362. The highest BCUT2D eigenvalue weighted by Gasteiger charge is 2.28. The van der Waals surface area contributed by atoms with E-state index in [2.05, 4.69) is 28.5 Å². The lowest BCUT2D eigenvalue weighted by molar-refractivity contribution is 0.381. The van der Waals surface area contributed by atoms with Crippen LogP contribution in [-0.2, 0) is 0 Å². The smallest absolute Gasteiger partial charge is 0.296 e. The van der Waals surface area contributed by atoms with Gasteiger partial charge < -0.3 is 0 Å². The average Bonchev–Trinajstić information content (AvgIpc) is 2.57. The van der Waals surface area contributed by atoms with Crippen molar-refractivity contribution in [3.05, 3.63) is 16.4 Å². The van der Waals surface area contributed by atoms with Crippen molar-refractivity contribution in [2.24, 2.45) is 0 Å². The summed E-state index contributed by atoms with van der Waals surface area (Å²) in [6.45, 7) is 4.43. The van der Waals surface area contributed by atoms with Gasteiger partial charge in [-0.1, -0.05) is 19.0 Å². The molecule has 1 aliphatic rings. The quantitative estimate of drug-likeness (QED) is 0.798. The zero-order chi connectivity index (χ0) is 10.1. The lowest BCUT2D eigenvalue weighted by atomic mass is 10.4.